The Bertz CT molecular complexity index is 574. The molecule has 0 atom stereocenters. The van der Waals surface area contributed by atoms with Gasteiger partial charge in [-0.25, -0.2) is 4.68 Å². The summed E-state index contributed by atoms with van der Waals surface area (Å²) in [7, 11) is 0. The smallest absolute Gasteiger partial charge is 0.269 e. The number of halogens is 2. The Morgan fingerprint density at radius 2 is 2.12 bits per heavy atom. The van der Waals surface area contributed by atoms with Gasteiger partial charge >= 0.3 is 6.55 Å². The summed E-state index contributed by atoms with van der Waals surface area (Å²) >= 11 is 0. The average molecular weight is 239 g/mol. The Morgan fingerprint density at radius 1 is 1.35 bits per heavy atom. The fourth-order valence-corrected chi connectivity index (χ4v) is 1.47. The van der Waals surface area contributed by atoms with Crippen LogP contribution in [0.3, 0.4) is 0 Å². The summed E-state index contributed by atoms with van der Waals surface area (Å²) in [5.41, 5.74) is 0.566. The lowest BCUT2D eigenvalue weighted by Gasteiger charge is -2.06. The van der Waals surface area contributed by atoms with Gasteiger partial charge in [0.15, 0.2) is 0 Å². The first-order chi connectivity index (χ1) is 8.11. The molecule has 0 N–H and O–H groups in total. The third-order valence-electron chi connectivity index (χ3n) is 2.40. The number of hydrogen-bond acceptors (Lipinski definition) is 2. The highest BCUT2D eigenvalue weighted by Crippen LogP contribution is 2.11. The summed E-state index contributed by atoms with van der Waals surface area (Å²) in [6, 6.07) is 4.38. The van der Waals surface area contributed by atoms with Crippen molar-refractivity contribution in [2.45, 2.75) is 19.9 Å². The number of pyridine rings is 1. The minimum atomic E-state index is -2.84. The Balaban J connectivity index is 2.46. The van der Waals surface area contributed by atoms with Crippen LogP contribution in [0.2, 0.25) is 0 Å². The molecule has 2 aromatic rings. The maximum absolute atomic E-state index is 12.5. The molecule has 0 saturated carbocycles. The van der Waals surface area contributed by atoms with Gasteiger partial charge in [0.1, 0.15) is 0 Å². The first-order valence-corrected chi connectivity index (χ1v) is 5.17. The van der Waals surface area contributed by atoms with E-state index >= 15 is 0 Å². The normalized spacial score (nSPS) is 11.1. The molecule has 17 heavy (non-hydrogen) atoms. The minimum Gasteiger partial charge on any atom is -0.269 e. The summed E-state index contributed by atoms with van der Waals surface area (Å²) in [6.07, 6.45) is 3.54. The molecule has 0 spiro atoms. The molecule has 0 saturated heterocycles. The van der Waals surface area contributed by atoms with E-state index in [9.17, 15) is 13.6 Å². The highest BCUT2D eigenvalue weighted by molar-refractivity contribution is 5.27. The van der Waals surface area contributed by atoms with E-state index < -0.39 is 12.1 Å². The average Bonchev–Trinajstić information content (AvgIpc) is 2.78. The van der Waals surface area contributed by atoms with E-state index in [0.29, 0.717) is 10.3 Å². The second-order valence-corrected chi connectivity index (χ2v) is 3.52. The largest absolute Gasteiger partial charge is 0.321 e. The minimum absolute atomic E-state index is 0.378. The predicted octanol–water partition coefficient (Wildman–Crippen LogP) is 1.99. The van der Waals surface area contributed by atoms with Crippen LogP contribution >= 0.6 is 0 Å². The van der Waals surface area contributed by atoms with Crippen LogP contribution in [-0.4, -0.2) is 14.3 Å². The summed E-state index contributed by atoms with van der Waals surface area (Å²) in [6.45, 7) is -0.893. The Kier molecular flexibility index (Phi) is 3.03. The van der Waals surface area contributed by atoms with E-state index in [-0.39, 0.29) is 0 Å². The van der Waals surface area contributed by atoms with E-state index in [1.165, 1.54) is 10.7 Å². The van der Waals surface area contributed by atoms with E-state index in [1.54, 1.807) is 12.3 Å². The van der Waals surface area contributed by atoms with Crippen LogP contribution in [0.5, 0.6) is 0 Å². The lowest BCUT2D eigenvalue weighted by Crippen LogP contribution is -2.20. The van der Waals surface area contributed by atoms with Gasteiger partial charge in [-0.1, -0.05) is 6.92 Å². The van der Waals surface area contributed by atoms with Crippen molar-refractivity contribution in [1.29, 1.82) is 0 Å². The van der Waals surface area contributed by atoms with Gasteiger partial charge in [-0.15, -0.1) is 0 Å². The maximum atomic E-state index is 12.5. The zero-order valence-electron chi connectivity index (χ0n) is 9.18. The molecule has 0 aromatic carbocycles. The molecule has 0 bridgehead atoms. The van der Waals surface area contributed by atoms with Gasteiger partial charge in [0.25, 0.3) is 5.56 Å². The number of nitrogens with zero attached hydrogens (tertiary/aromatic N) is 3. The molecule has 0 fully saturated rings. The van der Waals surface area contributed by atoms with Crippen molar-refractivity contribution in [2.75, 3.05) is 0 Å². The van der Waals surface area contributed by atoms with Crippen molar-refractivity contribution in [3.63, 3.8) is 0 Å². The summed E-state index contributed by atoms with van der Waals surface area (Å²) < 4.78 is 26.9. The van der Waals surface area contributed by atoms with E-state index in [1.807, 2.05) is 6.92 Å². The van der Waals surface area contributed by atoms with Crippen molar-refractivity contribution in [3.05, 3.63) is 46.6 Å². The molecule has 2 aromatic heterocycles. The fourth-order valence-electron chi connectivity index (χ4n) is 1.47. The molecular formula is C11H11F2N3O. The Labute approximate surface area is 96.1 Å². The SMILES string of the molecule is CCc1ccn(-c2ccc(=O)n(C(F)F)c2)n1. The highest BCUT2D eigenvalue weighted by Gasteiger charge is 2.09. The summed E-state index contributed by atoms with van der Waals surface area (Å²) in [5, 5.41) is 4.19. The van der Waals surface area contributed by atoms with Crippen LogP contribution in [0.25, 0.3) is 5.69 Å². The first kappa shape index (κ1) is 11.5. The van der Waals surface area contributed by atoms with Crippen LogP contribution in [0.15, 0.2) is 35.4 Å². The lowest BCUT2D eigenvalue weighted by molar-refractivity contribution is 0.0663. The summed E-state index contributed by atoms with van der Waals surface area (Å²) in [5.74, 6) is 0. The monoisotopic (exact) mass is 239 g/mol. The van der Waals surface area contributed by atoms with Crippen molar-refractivity contribution < 1.29 is 8.78 Å². The summed E-state index contributed by atoms with van der Waals surface area (Å²) in [4.78, 5) is 11.2. The molecule has 0 unspecified atom stereocenters. The first-order valence-electron chi connectivity index (χ1n) is 5.17. The van der Waals surface area contributed by atoms with Gasteiger partial charge in [0.2, 0.25) is 0 Å². The second kappa shape index (κ2) is 4.48. The molecular weight excluding hydrogens is 228 g/mol. The molecule has 0 aliphatic rings. The van der Waals surface area contributed by atoms with E-state index in [2.05, 4.69) is 5.10 Å². The Morgan fingerprint density at radius 3 is 2.71 bits per heavy atom. The van der Waals surface area contributed by atoms with Crippen LogP contribution in [-0.2, 0) is 6.42 Å². The molecule has 0 aliphatic carbocycles. The number of aryl methyl sites for hydroxylation is 1. The lowest BCUT2D eigenvalue weighted by atomic mass is 10.4. The standard InChI is InChI=1S/C11H11F2N3O/c1-2-8-5-6-16(14-8)9-3-4-10(17)15(7-9)11(12)13/h3-7,11H,2H2,1H3. The van der Waals surface area contributed by atoms with Gasteiger partial charge in [-0.2, -0.15) is 13.9 Å². The van der Waals surface area contributed by atoms with Gasteiger partial charge < -0.3 is 0 Å². The third-order valence-corrected chi connectivity index (χ3v) is 2.40. The van der Waals surface area contributed by atoms with Gasteiger partial charge in [0.05, 0.1) is 11.4 Å². The van der Waals surface area contributed by atoms with Crippen molar-refractivity contribution in [3.8, 4) is 5.69 Å². The van der Waals surface area contributed by atoms with Crippen LogP contribution in [0, 0.1) is 0 Å². The molecule has 2 rings (SSSR count). The number of alkyl halides is 2. The molecule has 0 amide bonds. The molecule has 6 heteroatoms. The molecule has 0 radical (unpaired) electrons. The second-order valence-electron chi connectivity index (χ2n) is 3.52. The van der Waals surface area contributed by atoms with E-state index in [0.717, 1.165) is 24.4 Å². The van der Waals surface area contributed by atoms with Crippen LogP contribution in [0.4, 0.5) is 8.78 Å². The van der Waals surface area contributed by atoms with Crippen molar-refractivity contribution in [1.82, 2.24) is 14.3 Å². The number of aromatic nitrogens is 3. The topological polar surface area (TPSA) is 39.8 Å². The Hall–Kier alpha value is -1.98. The fraction of sp³-hybridized carbons (Fsp3) is 0.273. The van der Waals surface area contributed by atoms with Crippen LogP contribution < -0.4 is 5.56 Å². The molecule has 0 aliphatic heterocycles. The maximum Gasteiger partial charge on any atom is 0.321 e. The van der Waals surface area contributed by atoms with Crippen LogP contribution in [0.1, 0.15) is 19.2 Å². The zero-order chi connectivity index (χ0) is 12.4. The van der Waals surface area contributed by atoms with Gasteiger partial charge in [-0.05, 0) is 18.6 Å². The number of rotatable bonds is 3. The third kappa shape index (κ3) is 2.25. The van der Waals surface area contributed by atoms with Gasteiger partial charge in [0, 0.05) is 18.5 Å². The predicted molar refractivity (Wildman–Crippen MR) is 58.5 cm³/mol. The quantitative estimate of drug-likeness (QED) is 0.821. The van der Waals surface area contributed by atoms with E-state index in [4.69, 9.17) is 0 Å². The van der Waals surface area contributed by atoms with Crippen molar-refractivity contribution >= 4 is 0 Å². The van der Waals surface area contributed by atoms with Crippen molar-refractivity contribution in [2.24, 2.45) is 0 Å². The molecule has 90 valence electrons. The molecule has 4 nitrogen and oxygen atoms in total. The highest BCUT2D eigenvalue weighted by atomic mass is 19.3. The molecule has 2 heterocycles. The zero-order valence-corrected chi connectivity index (χ0v) is 9.18. The van der Waals surface area contributed by atoms with Gasteiger partial charge in [-0.3, -0.25) is 9.36 Å². The number of hydrogen-bond donors (Lipinski definition) is 0.